The Bertz CT molecular complexity index is 601. The molecule has 6 nitrogen and oxygen atoms in total. The van der Waals surface area contributed by atoms with Gasteiger partial charge in [-0.3, -0.25) is 4.79 Å². The summed E-state index contributed by atoms with van der Waals surface area (Å²) in [5.41, 5.74) is 1.96. The molecule has 0 aliphatic heterocycles. The van der Waals surface area contributed by atoms with Crippen molar-refractivity contribution in [3.05, 3.63) is 29.8 Å². The van der Waals surface area contributed by atoms with Crippen molar-refractivity contribution in [3.63, 3.8) is 0 Å². The molecule has 118 valence electrons. The van der Waals surface area contributed by atoms with Crippen LogP contribution in [0.1, 0.15) is 5.56 Å². The molecule has 0 saturated carbocycles. The number of aromatic nitrogens is 2. The van der Waals surface area contributed by atoms with Crippen LogP contribution in [0.15, 0.2) is 28.6 Å². The lowest BCUT2D eigenvalue weighted by Gasteiger charge is -2.04. The van der Waals surface area contributed by atoms with Gasteiger partial charge >= 0.3 is 0 Å². The number of hydrogen-bond acceptors (Lipinski definition) is 7. The van der Waals surface area contributed by atoms with Gasteiger partial charge in [0, 0.05) is 19.3 Å². The van der Waals surface area contributed by atoms with Crippen molar-refractivity contribution >= 4 is 39.8 Å². The maximum absolute atomic E-state index is 11.9. The Morgan fingerprint density at radius 3 is 2.82 bits per heavy atom. The first-order chi connectivity index (χ1) is 10.7. The third-order valence-corrected chi connectivity index (χ3v) is 4.67. The fraction of sp³-hybridized carbons (Fsp3) is 0.357. The zero-order valence-corrected chi connectivity index (χ0v) is 14.1. The van der Waals surface area contributed by atoms with Gasteiger partial charge in [0.15, 0.2) is 4.34 Å². The van der Waals surface area contributed by atoms with Gasteiger partial charge in [-0.05, 0) is 19.1 Å². The SMILES string of the molecule is COCCNc1nnc(SCC(=O)Nc2ccc(C)cc2)s1. The fourth-order valence-corrected chi connectivity index (χ4v) is 3.14. The van der Waals surface area contributed by atoms with Crippen molar-refractivity contribution in [2.45, 2.75) is 11.3 Å². The zero-order valence-electron chi connectivity index (χ0n) is 12.5. The molecule has 0 spiro atoms. The second kappa shape index (κ2) is 8.72. The molecule has 0 atom stereocenters. The minimum absolute atomic E-state index is 0.0575. The van der Waals surface area contributed by atoms with E-state index in [4.69, 9.17) is 4.74 Å². The van der Waals surface area contributed by atoms with Crippen LogP contribution >= 0.6 is 23.1 Å². The van der Waals surface area contributed by atoms with E-state index in [-0.39, 0.29) is 5.91 Å². The van der Waals surface area contributed by atoms with Crippen LogP contribution in [0.4, 0.5) is 10.8 Å². The fourth-order valence-electron chi connectivity index (χ4n) is 1.56. The minimum Gasteiger partial charge on any atom is -0.383 e. The number of rotatable bonds is 8. The number of nitrogens with one attached hydrogen (secondary N) is 2. The molecule has 1 aromatic heterocycles. The summed E-state index contributed by atoms with van der Waals surface area (Å²) < 4.78 is 5.71. The molecular weight excluding hydrogens is 320 g/mol. The van der Waals surface area contributed by atoms with Gasteiger partial charge in [0.05, 0.1) is 12.4 Å². The zero-order chi connectivity index (χ0) is 15.8. The van der Waals surface area contributed by atoms with E-state index in [0.29, 0.717) is 18.9 Å². The summed E-state index contributed by atoms with van der Waals surface area (Å²) in [6.07, 6.45) is 0. The van der Waals surface area contributed by atoms with Crippen molar-refractivity contribution in [3.8, 4) is 0 Å². The number of aryl methyl sites for hydroxylation is 1. The summed E-state index contributed by atoms with van der Waals surface area (Å²) in [4.78, 5) is 11.9. The Hall–Kier alpha value is -1.64. The number of carbonyl (C=O) groups excluding carboxylic acids is 1. The van der Waals surface area contributed by atoms with Crippen molar-refractivity contribution < 1.29 is 9.53 Å². The number of benzene rings is 1. The molecule has 0 fully saturated rings. The quantitative estimate of drug-likeness (QED) is 0.569. The largest absolute Gasteiger partial charge is 0.383 e. The summed E-state index contributed by atoms with van der Waals surface area (Å²) in [7, 11) is 1.65. The molecule has 8 heteroatoms. The van der Waals surface area contributed by atoms with E-state index < -0.39 is 0 Å². The third kappa shape index (κ3) is 5.63. The van der Waals surface area contributed by atoms with Crippen molar-refractivity contribution in [2.24, 2.45) is 0 Å². The Labute approximate surface area is 137 Å². The van der Waals surface area contributed by atoms with Crippen molar-refractivity contribution in [2.75, 3.05) is 36.6 Å². The molecule has 1 aromatic carbocycles. The maximum atomic E-state index is 11.9. The Kier molecular flexibility index (Phi) is 6.63. The number of carbonyl (C=O) groups is 1. The number of anilines is 2. The topological polar surface area (TPSA) is 76.1 Å². The lowest BCUT2D eigenvalue weighted by atomic mass is 10.2. The molecule has 0 aliphatic carbocycles. The van der Waals surface area contributed by atoms with Gasteiger partial charge in [-0.15, -0.1) is 10.2 Å². The molecule has 0 aliphatic rings. The molecule has 2 aromatic rings. The molecule has 2 N–H and O–H groups in total. The molecule has 1 amide bonds. The molecule has 1 heterocycles. The molecular formula is C14H18N4O2S2. The lowest BCUT2D eigenvalue weighted by Crippen LogP contribution is -2.13. The van der Waals surface area contributed by atoms with Crippen LogP contribution in [0.2, 0.25) is 0 Å². The first kappa shape index (κ1) is 16.7. The van der Waals surface area contributed by atoms with Crippen LogP contribution in [-0.4, -0.2) is 42.1 Å². The lowest BCUT2D eigenvalue weighted by molar-refractivity contribution is -0.113. The summed E-state index contributed by atoms with van der Waals surface area (Å²) in [6.45, 7) is 3.31. The Morgan fingerprint density at radius 1 is 1.32 bits per heavy atom. The summed E-state index contributed by atoms with van der Waals surface area (Å²) >= 11 is 2.80. The summed E-state index contributed by atoms with van der Waals surface area (Å²) in [5, 5.41) is 14.7. The standard InChI is InChI=1S/C14H18N4O2S2/c1-10-3-5-11(6-4-10)16-12(19)9-21-14-18-17-13(22-14)15-7-8-20-2/h3-6H,7-9H2,1-2H3,(H,15,17)(H,16,19). The van der Waals surface area contributed by atoms with E-state index in [1.807, 2.05) is 31.2 Å². The van der Waals surface area contributed by atoms with Crippen molar-refractivity contribution in [1.29, 1.82) is 0 Å². The van der Waals surface area contributed by atoms with Crippen LogP contribution in [0.5, 0.6) is 0 Å². The van der Waals surface area contributed by atoms with E-state index in [1.54, 1.807) is 7.11 Å². The number of hydrogen-bond donors (Lipinski definition) is 2. The van der Waals surface area contributed by atoms with Gasteiger partial charge in [0.1, 0.15) is 0 Å². The van der Waals surface area contributed by atoms with Gasteiger partial charge in [-0.25, -0.2) is 0 Å². The van der Waals surface area contributed by atoms with Crippen LogP contribution in [-0.2, 0) is 9.53 Å². The number of nitrogens with zero attached hydrogens (tertiary/aromatic N) is 2. The summed E-state index contributed by atoms with van der Waals surface area (Å²) in [5.74, 6) is 0.249. The van der Waals surface area contributed by atoms with Gasteiger partial charge in [0.25, 0.3) is 0 Å². The average Bonchev–Trinajstić information content (AvgIpc) is 2.96. The highest BCUT2D eigenvalue weighted by molar-refractivity contribution is 8.01. The van der Waals surface area contributed by atoms with E-state index in [1.165, 1.54) is 23.1 Å². The van der Waals surface area contributed by atoms with Gasteiger partial charge < -0.3 is 15.4 Å². The second-order valence-electron chi connectivity index (χ2n) is 4.50. The highest BCUT2D eigenvalue weighted by Crippen LogP contribution is 2.25. The Morgan fingerprint density at radius 2 is 2.09 bits per heavy atom. The maximum Gasteiger partial charge on any atom is 0.234 e. The predicted molar refractivity (Wildman–Crippen MR) is 90.8 cm³/mol. The molecule has 0 radical (unpaired) electrons. The monoisotopic (exact) mass is 338 g/mol. The first-order valence-electron chi connectivity index (χ1n) is 6.73. The van der Waals surface area contributed by atoms with Gasteiger partial charge in [-0.1, -0.05) is 40.8 Å². The predicted octanol–water partition coefficient (Wildman–Crippen LogP) is 2.64. The smallest absolute Gasteiger partial charge is 0.234 e. The molecule has 22 heavy (non-hydrogen) atoms. The van der Waals surface area contributed by atoms with Gasteiger partial charge in [-0.2, -0.15) is 0 Å². The minimum atomic E-state index is -0.0575. The average molecular weight is 338 g/mol. The first-order valence-corrected chi connectivity index (χ1v) is 8.53. The molecule has 0 saturated heterocycles. The summed E-state index contributed by atoms with van der Waals surface area (Å²) in [6, 6.07) is 7.71. The molecule has 2 rings (SSSR count). The van der Waals surface area contributed by atoms with Crippen LogP contribution in [0.3, 0.4) is 0 Å². The third-order valence-electron chi connectivity index (χ3n) is 2.65. The van der Waals surface area contributed by atoms with Crippen LogP contribution in [0, 0.1) is 6.92 Å². The van der Waals surface area contributed by atoms with Gasteiger partial charge in [0.2, 0.25) is 11.0 Å². The van der Waals surface area contributed by atoms with E-state index in [2.05, 4.69) is 20.8 Å². The number of thioether (sulfide) groups is 1. The number of ether oxygens (including phenoxy) is 1. The number of amides is 1. The van der Waals surface area contributed by atoms with Crippen LogP contribution < -0.4 is 10.6 Å². The van der Waals surface area contributed by atoms with Crippen LogP contribution in [0.25, 0.3) is 0 Å². The second-order valence-corrected chi connectivity index (χ2v) is 6.70. The van der Waals surface area contributed by atoms with Crippen molar-refractivity contribution in [1.82, 2.24) is 10.2 Å². The van der Waals surface area contributed by atoms with E-state index >= 15 is 0 Å². The number of methoxy groups -OCH3 is 1. The van der Waals surface area contributed by atoms with E-state index in [0.717, 1.165) is 20.7 Å². The van der Waals surface area contributed by atoms with E-state index in [9.17, 15) is 4.79 Å². The molecule has 0 bridgehead atoms. The highest BCUT2D eigenvalue weighted by atomic mass is 32.2. The highest BCUT2D eigenvalue weighted by Gasteiger charge is 2.08. The molecule has 0 unspecified atom stereocenters. The normalized spacial score (nSPS) is 10.5. The Balaban J connectivity index is 1.75.